The zero-order valence-electron chi connectivity index (χ0n) is 17.2. The maximum Gasteiger partial charge on any atom is 0.247 e. The van der Waals surface area contributed by atoms with Gasteiger partial charge in [-0.15, -0.1) is 0 Å². The van der Waals surface area contributed by atoms with E-state index in [9.17, 15) is 14.4 Å². The third-order valence-electron chi connectivity index (χ3n) is 7.87. The summed E-state index contributed by atoms with van der Waals surface area (Å²) in [6.07, 6.45) is 8.67. The standard InChI is InChI=1S/C24H30N2O3/c1-15(27)19-4-6-20(7-5-19)25-22(28)21-3-2-8-26(21)23(29)24-12-16-9-17(13-24)11-18(10-16)14-24/h4-7,16-18,21H,2-3,8-14H2,1H3,(H,25,28)/t16?,17?,18?,21-,24?/m0/s1. The average molecular weight is 395 g/mol. The number of ketones is 1. The monoisotopic (exact) mass is 394 g/mol. The lowest BCUT2D eigenvalue weighted by Gasteiger charge is -2.56. The maximum atomic E-state index is 13.7. The molecule has 154 valence electrons. The minimum atomic E-state index is -0.372. The van der Waals surface area contributed by atoms with Gasteiger partial charge in [0.15, 0.2) is 5.78 Å². The Hall–Kier alpha value is -2.17. The molecular weight excluding hydrogens is 364 g/mol. The van der Waals surface area contributed by atoms with Gasteiger partial charge in [0, 0.05) is 17.8 Å². The fourth-order valence-electron chi connectivity index (χ4n) is 6.97. The van der Waals surface area contributed by atoms with Crippen LogP contribution in [0, 0.1) is 23.2 Å². The summed E-state index contributed by atoms with van der Waals surface area (Å²) in [5.41, 5.74) is 1.11. The second kappa shape index (κ2) is 6.96. The highest BCUT2D eigenvalue weighted by molar-refractivity contribution is 5.99. The molecule has 0 unspecified atom stereocenters. The van der Waals surface area contributed by atoms with E-state index in [1.54, 1.807) is 24.3 Å². The summed E-state index contributed by atoms with van der Waals surface area (Å²) in [6.45, 7) is 2.22. The van der Waals surface area contributed by atoms with Gasteiger partial charge in [0.1, 0.15) is 6.04 Å². The molecule has 4 bridgehead atoms. The molecule has 4 aliphatic carbocycles. The Bertz CT molecular complexity index is 809. The van der Waals surface area contributed by atoms with Crippen LogP contribution in [0.5, 0.6) is 0 Å². The molecule has 0 spiro atoms. The number of carbonyl (C=O) groups excluding carboxylic acids is 3. The molecule has 2 amide bonds. The molecule has 1 atom stereocenters. The van der Waals surface area contributed by atoms with Crippen LogP contribution in [0.2, 0.25) is 0 Å². The Labute approximate surface area is 172 Å². The summed E-state index contributed by atoms with van der Waals surface area (Å²) in [5.74, 6) is 2.32. The van der Waals surface area contributed by atoms with E-state index in [1.165, 1.54) is 26.2 Å². The van der Waals surface area contributed by atoms with Crippen molar-refractivity contribution in [2.24, 2.45) is 23.2 Å². The van der Waals surface area contributed by atoms with Crippen molar-refractivity contribution in [3.05, 3.63) is 29.8 Å². The Balaban J connectivity index is 1.30. The average Bonchev–Trinajstić information content (AvgIpc) is 3.16. The van der Waals surface area contributed by atoms with Gasteiger partial charge < -0.3 is 10.2 Å². The van der Waals surface area contributed by atoms with Gasteiger partial charge in [-0.1, -0.05) is 0 Å². The van der Waals surface area contributed by atoms with Crippen molar-refractivity contribution in [3.63, 3.8) is 0 Å². The molecule has 1 saturated heterocycles. The van der Waals surface area contributed by atoms with E-state index in [1.807, 2.05) is 4.90 Å². The van der Waals surface area contributed by atoms with Crippen molar-refractivity contribution in [2.75, 3.05) is 11.9 Å². The van der Waals surface area contributed by atoms with Crippen LogP contribution in [0.3, 0.4) is 0 Å². The number of likely N-dealkylation sites (tertiary alicyclic amines) is 1. The molecule has 1 heterocycles. The van der Waals surface area contributed by atoms with Crippen molar-refractivity contribution < 1.29 is 14.4 Å². The molecule has 5 heteroatoms. The fraction of sp³-hybridized carbons (Fsp3) is 0.625. The number of rotatable bonds is 4. The van der Waals surface area contributed by atoms with Crippen LogP contribution in [-0.4, -0.2) is 35.1 Å². The molecule has 4 saturated carbocycles. The highest BCUT2D eigenvalue weighted by Gasteiger charge is 2.56. The van der Waals surface area contributed by atoms with Crippen LogP contribution in [0.1, 0.15) is 68.6 Å². The smallest absolute Gasteiger partial charge is 0.247 e. The van der Waals surface area contributed by atoms with Gasteiger partial charge in [0.2, 0.25) is 11.8 Å². The molecule has 5 fully saturated rings. The van der Waals surface area contributed by atoms with Gasteiger partial charge in [0.05, 0.1) is 5.41 Å². The van der Waals surface area contributed by atoms with E-state index in [4.69, 9.17) is 0 Å². The molecule has 29 heavy (non-hydrogen) atoms. The van der Waals surface area contributed by atoms with E-state index in [0.717, 1.165) is 49.9 Å². The lowest BCUT2D eigenvalue weighted by molar-refractivity contribution is -0.160. The van der Waals surface area contributed by atoms with E-state index in [-0.39, 0.29) is 29.1 Å². The van der Waals surface area contributed by atoms with Crippen LogP contribution >= 0.6 is 0 Å². The van der Waals surface area contributed by atoms with Gasteiger partial charge in [-0.05, 0) is 100 Å². The maximum absolute atomic E-state index is 13.7. The Morgan fingerprint density at radius 2 is 1.55 bits per heavy atom. The first-order valence-electron chi connectivity index (χ1n) is 11.2. The Morgan fingerprint density at radius 1 is 0.966 bits per heavy atom. The molecule has 1 aromatic rings. The van der Waals surface area contributed by atoms with Gasteiger partial charge in [-0.2, -0.15) is 0 Å². The normalized spacial score (nSPS) is 35.0. The number of anilines is 1. The van der Waals surface area contributed by atoms with E-state index < -0.39 is 0 Å². The predicted molar refractivity (Wildman–Crippen MR) is 110 cm³/mol. The van der Waals surface area contributed by atoms with Crippen molar-refractivity contribution >= 4 is 23.3 Å². The molecule has 5 nitrogen and oxygen atoms in total. The first-order valence-corrected chi connectivity index (χ1v) is 11.2. The van der Waals surface area contributed by atoms with Crippen LogP contribution in [0.25, 0.3) is 0 Å². The second-order valence-corrected chi connectivity index (χ2v) is 9.98. The zero-order valence-corrected chi connectivity index (χ0v) is 17.2. The van der Waals surface area contributed by atoms with Gasteiger partial charge in [-0.3, -0.25) is 14.4 Å². The minimum Gasteiger partial charge on any atom is -0.330 e. The molecule has 1 N–H and O–H groups in total. The SMILES string of the molecule is CC(=O)c1ccc(NC(=O)[C@@H]2CCCN2C(=O)C23CC4CC(CC(C4)C2)C3)cc1. The van der Waals surface area contributed by atoms with E-state index in [2.05, 4.69) is 5.32 Å². The summed E-state index contributed by atoms with van der Waals surface area (Å²) < 4.78 is 0. The van der Waals surface area contributed by atoms with Crippen LogP contribution < -0.4 is 5.32 Å². The van der Waals surface area contributed by atoms with Crippen molar-refractivity contribution in [1.29, 1.82) is 0 Å². The number of Topliss-reactive ketones (excluding diaryl/α,β-unsaturated/α-hetero) is 1. The minimum absolute atomic E-state index is 0.00557. The molecular formula is C24H30N2O3. The number of carbonyl (C=O) groups is 3. The molecule has 5 aliphatic rings. The summed E-state index contributed by atoms with van der Waals surface area (Å²) in [7, 11) is 0. The quantitative estimate of drug-likeness (QED) is 0.784. The molecule has 1 aliphatic heterocycles. The van der Waals surface area contributed by atoms with Gasteiger partial charge >= 0.3 is 0 Å². The van der Waals surface area contributed by atoms with Crippen LogP contribution in [0.15, 0.2) is 24.3 Å². The largest absolute Gasteiger partial charge is 0.330 e. The van der Waals surface area contributed by atoms with E-state index in [0.29, 0.717) is 17.8 Å². The van der Waals surface area contributed by atoms with Crippen molar-refractivity contribution in [2.45, 2.75) is 64.3 Å². The number of hydrogen-bond donors (Lipinski definition) is 1. The Kier molecular flexibility index (Phi) is 4.52. The van der Waals surface area contributed by atoms with Crippen molar-refractivity contribution in [3.8, 4) is 0 Å². The fourth-order valence-corrected chi connectivity index (χ4v) is 6.97. The van der Waals surface area contributed by atoms with Crippen LogP contribution in [-0.2, 0) is 9.59 Å². The molecule has 0 radical (unpaired) electrons. The van der Waals surface area contributed by atoms with Gasteiger partial charge in [0.25, 0.3) is 0 Å². The molecule has 0 aromatic heterocycles. The summed E-state index contributed by atoms with van der Waals surface area (Å²) in [6, 6.07) is 6.60. The number of nitrogens with zero attached hydrogens (tertiary/aromatic N) is 1. The van der Waals surface area contributed by atoms with Crippen molar-refractivity contribution in [1.82, 2.24) is 4.90 Å². The van der Waals surface area contributed by atoms with Gasteiger partial charge in [-0.25, -0.2) is 0 Å². The first-order chi connectivity index (χ1) is 13.9. The number of nitrogens with one attached hydrogen (secondary N) is 1. The second-order valence-electron chi connectivity index (χ2n) is 9.98. The highest BCUT2D eigenvalue weighted by Crippen LogP contribution is 2.60. The third kappa shape index (κ3) is 3.28. The summed E-state index contributed by atoms with van der Waals surface area (Å²) >= 11 is 0. The van der Waals surface area contributed by atoms with Crippen LogP contribution in [0.4, 0.5) is 5.69 Å². The van der Waals surface area contributed by atoms with E-state index >= 15 is 0 Å². The Morgan fingerprint density at radius 3 is 2.10 bits per heavy atom. The summed E-state index contributed by atoms with van der Waals surface area (Å²) in [5, 5.41) is 2.96. The zero-order chi connectivity index (χ0) is 20.2. The lowest BCUT2D eigenvalue weighted by Crippen LogP contribution is -2.56. The number of amides is 2. The third-order valence-corrected chi connectivity index (χ3v) is 7.87. The molecule has 1 aromatic carbocycles. The number of benzene rings is 1. The molecule has 6 rings (SSSR count). The topological polar surface area (TPSA) is 66.5 Å². The predicted octanol–water partition coefficient (Wildman–Crippen LogP) is 4.04. The highest BCUT2D eigenvalue weighted by atomic mass is 16.2. The summed E-state index contributed by atoms with van der Waals surface area (Å²) in [4.78, 5) is 40.0. The first kappa shape index (κ1) is 18.8. The lowest BCUT2D eigenvalue weighted by atomic mass is 9.49. The number of hydrogen-bond acceptors (Lipinski definition) is 3.